The van der Waals surface area contributed by atoms with Gasteiger partial charge in [-0.3, -0.25) is 0 Å². The van der Waals surface area contributed by atoms with E-state index in [2.05, 4.69) is 55.2 Å². The number of unbranched alkanes of at least 4 members (excludes halogenated alkanes) is 7. The molecule has 3 heteroatoms. The molecule has 0 aliphatic carbocycles. The third-order valence-electron chi connectivity index (χ3n) is 7.65. The molecule has 0 radical (unpaired) electrons. The minimum Gasteiger partial charge on any atom is -0.457 e. The van der Waals surface area contributed by atoms with Crippen molar-refractivity contribution in [3.63, 3.8) is 0 Å². The fraction of sp³-hybridized carbons (Fsp3) is 0.263. The number of aryl methyl sites for hydroxylation is 1. The van der Waals surface area contributed by atoms with Gasteiger partial charge in [0, 0.05) is 31.3 Å². The van der Waals surface area contributed by atoms with Crippen LogP contribution in [-0.2, 0) is 6.42 Å². The molecule has 2 aromatic heterocycles. The zero-order valence-corrected chi connectivity index (χ0v) is 25.4. The van der Waals surface area contributed by atoms with Crippen LogP contribution in [0.5, 0.6) is 11.5 Å². The smallest absolute Gasteiger partial charge is 0.127 e. The van der Waals surface area contributed by atoms with Crippen LogP contribution >= 0.6 is 22.7 Å². The highest BCUT2D eigenvalue weighted by Gasteiger charge is 2.13. The summed E-state index contributed by atoms with van der Waals surface area (Å²) in [5, 5.41) is 2.75. The second-order valence-corrected chi connectivity index (χ2v) is 12.9. The summed E-state index contributed by atoms with van der Waals surface area (Å²) in [5.41, 5.74) is 3.51. The monoisotopic (exact) mass is 572 g/mol. The fourth-order valence-corrected chi connectivity index (χ4v) is 8.13. The van der Waals surface area contributed by atoms with Gasteiger partial charge in [-0.2, -0.15) is 0 Å². The molecule has 6 aromatic rings. The van der Waals surface area contributed by atoms with Gasteiger partial charge in [-0.05, 0) is 73.0 Å². The molecule has 0 fully saturated rings. The lowest BCUT2D eigenvalue weighted by Crippen LogP contribution is -1.86. The molecule has 41 heavy (non-hydrogen) atoms. The van der Waals surface area contributed by atoms with Crippen LogP contribution in [-0.4, -0.2) is 0 Å². The van der Waals surface area contributed by atoms with Crippen LogP contribution in [0.2, 0.25) is 0 Å². The van der Waals surface area contributed by atoms with E-state index >= 15 is 0 Å². The lowest BCUT2D eigenvalue weighted by molar-refractivity contribution is 0.482. The molecule has 0 aliphatic rings. The highest BCUT2D eigenvalue weighted by Crippen LogP contribution is 2.44. The molecule has 0 saturated heterocycles. The Morgan fingerprint density at radius 1 is 0.561 bits per heavy atom. The molecule has 0 spiro atoms. The molecule has 0 bridgehead atoms. The predicted molar refractivity (Wildman–Crippen MR) is 180 cm³/mol. The van der Waals surface area contributed by atoms with E-state index in [4.69, 9.17) is 4.74 Å². The summed E-state index contributed by atoms with van der Waals surface area (Å²) in [4.78, 5) is 0. The zero-order valence-electron chi connectivity index (χ0n) is 23.7. The van der Waals surface area contributed by atoms with Crippen LogP contribution in [0.25, 0.3) is 29.6 Å². The summed E-state index contributed by atoms with van der Waals surface area (Å²) >= 11 is 3.85. The third kappa shape index (κ3) is 6.84. The number of ether oxygens (including phenoxy) is 1. The van der Waals surface area contributed by atoms with E-state index in [1.165, 1.54) is 92.9 Å². The van der Waals surface area contributed by atoms with E-state index in [0.29, 0.717) is 0 Å². The van der Waals surface area contributed by atoms with Crippen molar-refractivity contribution in [2.75, 3.05) is 0 Å². The average Bonchev–Trinajstić information content (AvgIpc) is 3.54. The van der Waals surface area contributed by atoms with Crippen LogP contribution in [0.1, 0.15) is 75.0 Å². The third-order valence-corrected chi connectivity index (χ3v) is 10.2. The molecule has 0 saturated carbocycles. The summed E-state index contributed by atoms with van der Waals surface area (Å²) in [6.07, 6.45) is 12.2. The van der Waals surface area contributed by atoms with Crippen LogP contribution in [0, 0.1) is 11.8 Å². The van der Waals surface area contributed by atoms with Crippen molar-refractivity contribution in [3.05, 3.63) is 108 Å². The minimum atomic E-state index is 0.814. The number of fused-ring (bicyclic) bond motifs is 5. The quantitative estimate of drug-likeness (QED) is 0.111. The Bertz CT molecular complexity index is 1800. The molecule has 4 aromatic carbocycles. The van der Waals surface area contributed by atoms with Gasteiger partial charge in [0.15, 0.2) is 0 Å². The van der Waals surface area contributed by atoms with E-state index in [0.717, 1.165) is 22.6 Å². The Labute approximate surface area is 251 Å². The zero-order chi connectivity index (χ0) is 27.9. The van der Waals surface area contributed by atoms with Crippen molar-refractivity contribution in [3.8, 4) is 23.3 Å². The first-order chi connectivity index (χ1) is 20.3. The molecule has 0 unspecified atom stereocenters. The first-order valence-electron chi connectivity index (χ1n) is 15.0. The maximum Gasteiger partial charge on any atom is 0.127 e. The van der Waals surface area contributed by atoms with Crippen molar-refractivity contribution >= 4 is 52.2 Å². The summed E-state index contributed by atoms with van der Waals surface area (Å²) in [7, 11) is 0. The maximum absolute atomic E-state index is 5.90. The number of hydrogen-bond acceptors (Lipinski definition) is 3. The second-order valence-electron chi connectivity index (χ2n) is 10.8. The SMILES string of the molecule is CCCCCCCCCCc1ccc2c(c1)sc1c3ccc(C#Cc4ccc(Oc5ccccc5)cc4)cc3sc21. The largest absolute Gasteiger partial charge is 0.457 e. The highest BCUT2D eigenvalue weighted by atomic mass is 32.1. The summed E-state index contributed by atoms with van der Waals surface area (Å²) in [5.74, 6) is 8.33. The number of para-hydroxylation sites is 1. The Morgan fingerprint density at radius 3 is 1.88 bits per heavy atom. The summed E-state index contributed by atoms with van der Waals surface area (Å²) in [6.45, 7) is 2.29. The number of benzene rings is 4. The van der Waals surface area contributed by atoms with Gasteiger partial charge in [-0.25, -0.2) is 0 Å². The Balaban J connectivity index is 1.11. The van der Waals surface area contributed by atoms with E-state index < -0.39 is 0 Å². The first-order valence-corrected chi connectivity index (χ1v) is 16.6. The van der Waals surface area contributed by atoms with Crippen molar-refractivity contribution < 1.29 is 4.74 Å². The molecule has 2 heterocycles. The Hall–Kier alpha value is -3.58. The molecular weight excluding hydrogens is 537 g/mol. The van der Waals surface area contributed by atoms with Crippen molar-refractivity contribution in [1.82, 2.24) is 0 Å². The summed E-state index contributed by atoms with van der Waals surface area (Å²) < 4.78 is 11.5. The molecule has 0 atom stereocenters. The van der Waals surface area contributed by atoms with Crippen molar-refractivity contribution in [2.45, 2.75) is 64.7 Å². The van der Waals surface area contributed by atoms with Gasteiger partial charge < -0.3 is 4.74 Å². The lowest BCUT2D eigenvalue weighted by Gasteiger charge is -2.04. The van der Waals surface area contributed by atoms with E-state index in [1.54, 1.807) is 0 Å². The van der Waals surface area contributed by atoms with Gasteiger partial charge in [0.05, 0.1) is 9.40 Å². The summed E-state index contributed by atoms with van der Waals surface area (Å²) in [6, 6.07) is 31.6. The average molecular weight is 573 g/mol. The molecule has 0 N–H and O–H groups in total. The van der Waals surface area contributed by atoms with Crippen LogP contribution in [0.4, 0.5) is 0 Å². The molecule has 0 aliphatic heterocycles. The van der Waals surface area contributed by atoms with Gasteiger partial charge >= 0.3 is 0 Å². The van der Waals surface area contributed by atoms with E-state index in [-0.39, 0.29) is 0 Å². The topological polar surface area (TPSA) is 9.23 Å². The van der Waals surface area contributed by atoms with Gasteiger partial charge in [-0.1, -0.05) is 100 Å². The standard InChI is InChI=1S/C38H36OS2/c1-2-3-4-5-6-7-8-10-13-29-20-24-33-35(26-29)40-38-34-25-21-30(27-36(34)41-37(33)38)17-16-28-18-22-32(23-19-28)39-31-14-11-9-12-15-31/h9,11-12,14-15,18-27H,2-8,10,13H2,1H3. The highest BCUT2D eigenvalue weighted by molar-refractivity contribution is 7.36. The normalized spacial score (nSPS) is 11.2. The van der Waals surface area contributed by atoms with Gasteiger partial charge in [-0.15, -0.1) is 22.7 Å². The predicted octanol–water partition coefficient (Wildman–Crippen LogP) is 12.1. The number of thiophene rings is 2. The van der Waals surface area contributed by atoms with E-state index in [1.807, 2.05) is 77.3 Å². The van der Waals surface area contributed by atoms with Crippen molar-refractivity contribution in [2.24, 2.45) is 0 Å². The minimum absolute atomic E-state index is 0.814. The Kier molecular flexibility index (Phi) is 9.01. The van der Waals surface area contributed by atoms with E-state index in [9.17, 15) is 0 Å². The van der Waals surface area contributed by atoms with Gasteiger partial charge in [0.25, 0.3) is 0 Å². The van der Waals surface area contributed by atoms with Gasteiger partial charge in [0.1, 0.15) is 11.5 Å². The molecule has 206 valence electrons. The van der Waals surface area contributed by atoms with Crippen LogP contribution in [0.15, 0.2) is 91.0 Å². The maximum atomic E-state index is 5.90. The van der Waals surface area contributed by atoms with Gasteiger partial charge in [0.2, 0.25) is 0 Å². The number of hydrogen-bond donors (Lipinski definition) is 0. The first kappa shape index (κ1) is 27.6. The lowest BCUT2D eigenvalue weighted by atomic mass is 10.0. The van der Waals surface area contributed by atoms with Crippen molar-refractivity contribution in [1.29, 1.82) is 0 Å². The molecule has 1 nitrogen and oxygen atoms in total. The Morgan fingerprint density at radius 2 is 1.15 bits per heavy atom. The number of rotatable bonds is 11. The van der Waals surface area contributed by atoms with Crippen LogP contribution in [0.3, 0.4) is 0 Å². The molecular formula is C38H36OS2. The molecule has 0 amide bonds. The molecule has 6 rings (SSSR count). The fourth-order valence-electron chi connectivity index (χ4n) is 5.37. The van der Waals surface area contributed by atoms with Crippen LogP contribution < -0.4 is 4.74 Å². The second kappa shape index (κ2) is 13.4.